The lowest BCUT2D eigenvalue weighted by atomic mass is 10.2. The lowest BCUT2D eigenvalue weighted by molar-refractivity contribution is -0.137. The molecular weight excluding hydrogens is 262 g/mol. The van der Waals surface area contributed by atoms with E-state index < -0.39 is 11.9 Å². The largest absolute Gasteiger partial charge is 0.481 e. The van der Waals surface area contributed by atoms with Gasteiger partial charge in [-0.25, -0.2) is 0 Å². The summed E-state index contributed by atoms with van der Waals surface area (Å²) in [5.41, 5.74) is -0.0293. The van der Waals surface area contributed by atoms with E-state index in [1.54, 1.807) is 6.07 Å². The van der Waals surface area contributed by atoms with Gasteiger partial charge in [-0.1, -0.05) is 0 Å². The van der Waals surface area contributed by atoms with Crippen LogP contribution in [0.3, 0.4) is 0 Å². The molecule has 0 bridgehead atoms. The van der Waals surface area contributed by atoms with Gasteiger partial charge in [0.1, 0.15) is 11.6 Å². The Bertz CT molecular complexity index is 408. The topological polar surface area (TPSA) is 111 Å². The lowest BCUT2D eigenvalue weighted by Crippen LogP contribution is -2.28. The molecule has 1 aliphatic heterocycles. The van der Waals surface area contributed by atoms with Crippen molar-refractivity contribution in [2.75, 3.05) is 19.7 Å². The number of hydrogen-bond donors (Lipinski definition) is 3. The molecule has 1 rings (SSSR count). The fraction of sp³-hybridized carbons (Fsp3) is 0.615. The minimum absolute atomic E-state index is 0.0108. The van der Waals surface area contributed by atoms with E-state index in [9.17, 15) is 9.59 Å². The van der Waals surface area contributed by atoms with Crippen LogP contribution < -0.4 is 10.6 Å². The summed E-state index contributed by atoms with van der Waals surface area (Å²) >= 11 is 0. The van der Waals surface area contributed by atoms with E-state index >= 15 is 0 Å². The first kappa shape index (κ1) is 16.0. The third-order valence-electron chi connectivity index (χ3n) is 2.83. The molecule has 0 radical (unpaired) electrons. The second-order valence-corrected chi connectivity index (χ2v) is 4.47. The Hall–Kier alpha value is -2.07. The van der Waals surface area contributed by atoms with E-state index in [1.165, 1.54) is 6.20 Å². The number of carboxylic acid groups (broad SMARTS) is 1. The Morgan fingerprint density at radius 2 is 2.30 bits per heavy atom. The van der Waals surface area contributed by atoms with Crippen LogP contribution in [0.1, 0.15) is 25.7 Å². The van der Waals surface area contributed by atoms with E-state index in [0.717, 1.165) is 19.4 Å². The van der Waals surface area contributed by atoms with Crippen LogP contribution in [0.25, 0.3) is 0 Å². The van der Waals surface area contributed by atoms with Crippen LogP contribution in [0.5, 0.6) is 0 Å². The van der Waals surface area contributed by atoms with Crippen molar-refractivity contribution in [2.24, 2.45) is 0 Å². The van der Waals surface area contributed by atoms with Crippen molar-refractivity contribution in [2.45, 2.75) is 31.8 Å². The van der Waals surface area contributed by atoms with Crippen molar-refractivity contribution < 1.29 is 19.4 Å². The average Bonchev–Trinajstić information content (AvgIpc) is 2.92. The fourth-order valence-corrected chi connectivity index (χ4v) is 1.78. The fourth-order valence-electron chi connectivity index (χ4n) is 1.78. The van der Waals surface area contributed by atoms with Gasteiger partial charge in [-0.05, 0) is 19.3 Å². The zero-order valence-electron chi connectivity index (χ0n) is 11.2. The van der Waals surface area contributed by atoms with Crippen molar-refractivity contribution in [1.82, 2.24) is 10.6 Å². The molecule has 0 aromatic carbocycles. The molecule has 1 saturated heterocycles. The molecule has 0 aromatic heterocycles. The number of carbonyl (C=O) groups is 2. The van der Waals surface area contributed by atoms with Gasteiger partial charge in [0.15, 0.2) is 0 Å². The van der Waals surface area contributed by atoms with Gasteiger partial charge in [0.2, 0.25) is 0 Å². The number of nitrogens with one attached hydrogen (secondary N) is 2. The smallest absolute Gasteiger partial charge is 0.303 e. The monoisotopic (exact) mass is 281 g/mol. The van der Waals surface area contributed by atoms with Gasteiger partial charge in [0.05, 0.1) is 6.10 Å². The number of carboxylic acids is 1. The van der Waals surface area contributed by atoms with Gasteiger partial charge in [-0.2, -0.15) is 5.26 Å². The van der Waals surface area contributed by atoms with Crippen LogP contribution in [0.4, 0.5) is 0 Å². The zero-order chi connectivity index (χ0) is 14.8. The van der Waals surface area contributed by atoms with Crippen molar-refractivity contribution in [3.05, 3.63) is 11.8 Å². The molecule has 0 saturated carbocycles. The molecular formula is C13H19N3O4. The highest BCUT2D eigenvalue weighted by Gasteiger charge is 2.14. The molecule has 7 heteroatoms. The van der Waals surface area contributed by atoms with Crippen molar-refractivity contribution >= 4 is 11.9 Å². The Balaban J connectivity index is 2.26. The minimum atomic E-state index is -0.909. The summed E-state index contributed by atoms with van der Waals surface area (Å²) in [4.78, 5) is 21.9. The highest BCUT2D eigenvalue weighted by atomic mass is 16.5. The van der Waals surface area contributed by atoms with Crippen LogP contribution in [0.15, 0.2) is 11.8 Å². The third kappa shape index (κ3) is 6.20. The first-order valence-corrected chi connectivity index (χ1v) is 6.58. The zero-order valence-corrected chi connectivity index (χ0v) is 11.2. The average molecular weight is 281 g/mol. The van der Waals surface area contributed by atoms with Crippen LogP contribution in [-0.2, 0) is 14.3 Å². The molecule has 1 atom stereocenters. The summed E-state index contributed by atoms with van der Waals surface area (Å²) in [6, 6.07) is 1.81. The number of rotatable bonds is 8. The van der Waals surface area contributed by atoms with Crippen LogP contribution in [-0.4, -0.2) is 42.8 Å². The third-order valence-corrected chi connectivity index (χ3v) is 2.83. The van der Waals surface area contributed by atoms with Gasteiger partial charge >= 0.3 is 5.97 Å². The molecule has 1 amide bonds. The summed E-state index contributed by atoms with van der Waals surface area (Å²) in [6.45, 7) is 1.55. The molecule has 1 aliphatic rings. The predicted octanol–water partition coefficient (Wildman–Crippen LogP) is 0.143. The van der Waals surface area contributed by atoms with Crippen molar-refractivity contribution in [3.63, 3.8) is 0 Å². The SMILES string of the molecule is N#C/C(=C/NCC1CCCO1)C(=O)NCCCC(=O)O. The molecule has 110 valence electrons. The molecule has 1 heterocycles. The second-order valence-electron chi connectivity index (χ2n) is 4.47. The number of nitriles is 1. The molecule has 1 fully saturated rings. The van der Waals surface area contributed by atoms with Crippen molar-refractivity contribution in [3.8, 4) is 6.07 Å². The Morgan fingerprint density at radius 3 is 2.90 bits per heavy atom. The summed E-state index contributed by atoms with van der Waals surface area (Å²) in [5, 5.41) is 22.8. The molecule has 7 nitrogen and oxygen atoms in total. The molecule has 0 aliphatic carbocycles. The summed E-state index contributed by atoms with van der Waals surface area (Å²) in [7, 11) is 0. The predicted molar refractivity (Wildman–Crippen MR) is 70.6 cm³/mol. The van der Waals surface area contributed by atoms with Crippen LogP contribution in [0, 0.1) is 11.3 Å². The van der Waals surface area contributed by atoms with Gasteiger partial charge in [-0.15, -0.1) is 0 Å². The maximum atomic E-state index is 11.6. The number of aliphatic carboxylic acids is 1. The molecule has 0 aromatic rings. The van der Waals surface area contributed by atoms with E-state index in [4.69, 9.17) is 15.1 Å². The number of hydrogen-bond acceptors (Lipinski definition) is 5. The quantitative estimate of drug-likeness (QED) is 0.331. The number of amides is 1. The Labute approximate surface area is 117 Å². The highest BCUT2D eigenvalue weighted by Crippen LogP contribution is 2.10. The normalized spacial score (nSPS) is 18.4. The summed E-state index contributed by atoms with van der Waals surface area (Å²) in [5.74, 6) is -1.41. The van der Waals surface area contributed by atoms with Crippen molar-refractivity contribution in [1.29, 1.82) is 5.26 Å². The molecule has 1 unspecified atom stereocenters. The Kier molecular flexibility index (Phi) is 7.14. The van der Waals surface area contributed by atoms with Gasteiger partial charge in [-0.3, -0.25) is 9.59 Å². The first-order chi connectivity index (χ1) is 9.63. The molecule has 3 N–H and O–H groups in total. The summed E-state index contributed by atoms with van der Waals surface area (Å²) in [6.07, 6.45) is 3.83. The number of nitrogens with zero attached hydrogens (tertiary/aromatic N) is 1. The summed E-state index contributed by atoms with van der Waals surface area (Å²) < 4.78 is 5.40. The number of carbonyl (C=O) groups excluding carboxylic acids is 1. The highest BCUT2D eigenvalue weighted by molar-refractivity contribution is 5.97. The van der Waals surface area contributed by atoms with Gasteiger partial charge in [0, 0.05) is 32.3 Å². The van der Waals surface area contributed by atoms with Gasteiger partial charge in [0.25, 0.3) is 5.91 Å². The maximum Gasteiger partial charge on any atom is 0.303 e. The van der Waals surface area contributed by atoms with Crippen LogP contribution in [0.2, 0.25) is 0 Å². The maximum absolute atomic E-state index is 11.6. The Morgan fingerprint density at radius 1 is 1.50 bits per heavy atom. The van der Waals surface area contributed by atoms with E-state index in [1.807, 2.05) is 0 Å². The van der Waals surface area contributed by atoms with Gasteiger partial charge < -0.3 is 20.5 Å². The number of ether oxygens (including phenoxy) is 1. The van der Waals surface area contributed by atoms with E-state index in [0.29, 0.717) is 13.0 Å². The molecule has 20 heavy (non-hydrogen) atoms. The van der Waals surface area contributed by atoms with Crippen LogP contribution >= 0.6 is 0 Å². The van der Waals surface area contributed by atoms with E-state index in [2.05, 4.69) is 10.6 Å². The first-order valence-electron chi connectivity index (χ1n) is 6.58. The lowest BCUT2D eigenvalue weighted by Gasteiger charge is -2.09. The van der Waals surface area contributed by atoms with E-state index in [-0.39, 0.29) is 24.6 Å². The minimum Gasteiger partial charge on any atom is -0.481 e. The second kappa shape index (κ2) is 8.93. The standard InChI is InChI=1S/C13H19N3O4/c14-7-10(8-15-9-11-3-2-6-20-11)13(19)16-5-1-4-12(17)18/h8,11,15H,1-6,9H2,(H,16,19)(H,17,18)/b10-8-. The molecule has 0 spiro atoms.